The van der Waals surface area contributed by atoms with Gasteiger partial charge in [0.05, 0.1) is 0 Å². The fraction of sp³-hybridized carbons (Fsp3) is 0.429. The molecule has 0 aliphatic carbocycles. The summed E-state index contributed by atoms with van der Waals surface area (Å²) in [6, 6.07) is 15.3. The summed E-state index contributed by atoms with van der Waals surface area (Å²) in [6.45, 7) is 7.49. The molecule has 5 nitrogen and oxygen atoms in total. The summed E-state index contributed by atoms with van der Waals surface area (Å²) in [6.07, 6.45) is 2.60. The van der Waals surface area contributed by atoms with Gasteiger partial charge in [0.2, 0.25) is 0 Å². The maximum atomic E-state index is 4.49. The summed E-state index contributed by atoms with van der Waals surface area (Å²) < 4.78 is 0. The second-order valence-electron chi connectivity index (χ2n) is 7.16. The number of H-pyrrole nitrogens is 1. The van der Waals surface area contributed by atoms with Crippen LogP contribution in [0.15, 0.2) is 47.8 Å². The number of likely N-dealkylation sites (N-methyl/N-ethyl adjacent to an activating group) is 1. The van der Waals surface area contributed by atoms with Crippen molar-refractivity contribution in [3.05, 3.63) is 58.4 Å². The molecule has 0 spiro atoms. The molecular formula is C21H27N5S. The van der Waals surface area contributed by atoms with E-state index in [-0.39, 0.29) is 0 Å². The highest BCUT2D eigenvalue weighted by atomic mass is 32.1. The van der Waals surface area contributed by atoms with Gasteiger partial charge in [0, 0.05) is 36.1 Å². The van der Waals surface area contributed by atoms with Crippen LogP contribution in [0.3, 0.4) is 0 Å². The molecule has 2 aromatic heterocycles. The van der Waals surface area contributed by atoms with Crippen LogP contribution in [0.4, 0.5) is 0 Å². The van der Waals surface area contributed by atoms with Crippen LogP contribution in [-0.4, -0.2) is 50.9 Å². The van der Waals surface area contributed by atoms with Gasteiger partial charge in [0.15, 0.2) is 0 Å². The monoisotopic (exact) mass is 381 g/mol. The van der Waals surface area contributed by atoms with E-state index in [4.69, 9.17) is 0 Å². The lowest BCUT2D eigenvalue weighted by molar-refractivity contribution is 0.166. The molecule has 0 saturated carbocycles. The third-order valence-corrected chi connectivity index (χ3v) is 6.24. The number of likely N-dealkylation sites (tertiary alicyclic amines) is 1. The van der Waals surface area contributed by atoms with Crippen LogP contribution in [-0.2, 0) is 13.1 Å². The second kappa shape index (κ2) is 8.78. The van der Waals surface area contributed by atoms with Gasteiger partial charge in [-0.15, -0.1) is 11.3 Å². The van der Waals surface area contributed by atoms with Gasteiger partial charge in [-0.2, -0.15) is 15.4 Å². The summed E-state index contributed by atoms with van der Waals surface area (Å²) in [7, 11) is 0. The summed E-state index contributed by atoms with van der Waals surface area (Å²) in [5.74, 6) is 0. The van der Waals surface area contributed by atoms with Gasteiger partial charge in [-0.05, 0) is 37.4 Å². The number of aromatic amines is 1. The molecule has 1 atom stereocenters. The molecule has 1 fully saturated rings. The highest BCUT2D eigenvalue weighted by Gasteiger charge is 2.26. The van der Waals surface area contributed by atoms with E-state index in [9.17, 15) is 0 Å². The van der Waals surface area contributed by atoms with E-state index in [0.29, 0.717) is 6.04 Å². The first-order chi connectivity index (χ1) is 13.3. The lowest BCUT2D eigenvalue weighted by atomic mass is 10.1. The zero-order valence-electron chi connectivity index (χ0n) is 15.8. The van der Waals surface area contributed by atoms with E-state index in [1.165, 1.54) is 24.3 Å². The van der Waals surface area contributed by atoms with Crippen LogP contribution in [0, 0.1) is 0 Å². The normalized spacial score (nSPS) is 17.8. The Morgan fingerprint density at radius 1 is 1.15 bits per heavy atom. The Morgan fingerprint density at radius 2 is 2.04 bits per heavy atom. The molecule has 0 bridgehead atoms. The maximum absolute atomic E-state index is 4.49. The van der Waals surface area contributed by atoms with E-state index in [2.05, 4.69) is 73.9 Å². The number of aromatic nitrogens is 3. The SMILES string of the molecule is CCN1CCC[C@H]1CN(Cc1cccs1)Cc1n[nH]nc1-c1ccccc1. The van der Waals surface area contributed by atoms with Gasteiger partial charge in [-0.25, -0.2) is 0 Å². The molecule has 1 saturated heterocycles. The smallest absolute Gasteiger partial charge is 0.117 e. The lowest BCUT2D eigenvalue weighted by Gasteiger charge is -2.29. The summed E-state index contributed by atoms with van der Waals surface area (Å²) >= 11 is 1.83. The summed E-state index contributed by atoms with van der Waals surface area (Å²) in [5, 5.41) is 13.9. The number of benzene rings is 1. The molecule has 6 heteroatoms. The van der Waals surface area contributed by atoms with Crippen LogP contribution in [0.5, 0.6) is 0 Å². The van der Waals surface area contributed by atoms with Crippen LogP contribution >= 0.6 is 11.3 Å². The van der Waals surface area contributed by atoms with Crippen LogP contribution in [0.25, 0.3) is 11.3 Å². The van der Waals surface area contributed by atoms with Crippen LogP contribution in [0.1, 0.15) is 30.3 Å². The number of thiophene rings is 1. The van der Waals surface area contributed by atoms with E-state index < -0.39 is 0 Å². The third kappa shape index (κ3) is 4.46. The Kier molecular flexibility index (Phi) is 5.97. The van der Waals surface area contributed by atoms with Crippen molar-refractivity contribution in [2.75, 3.05) is 19.6 Å². The van der Waals surface area contributed by atoms with Crippen molar-refractivity contribution in [1.29, 1.82) is 0 Å². The fourth-order valence-electron chi connectivity index (χ4n) is 4.03. The zero-order valence-corrected chi connectivity index (χ0v) is 16.7. The molecule has 27 heavy (non-hydrogen) atoms. The molecule has 0 unspecified atom stereocenters. The minimum atomic E-state index is 0.641. The summed E-state index contributed by atoms with van der Waals surface area (Å²) in [5.41, 5.74) is 3.11. The van der Waals surface area contributed by atoms with Gasteiger partial charge in [-0.1, -0.05) is 43.3 Å². The average Bonchev–Trinajstić information content (AvgIpc) is 3.44. The molecule has 1 aromatic carbocycles. The standard InChI is InChI=1S/C21H27N5S/c1-2-26-12-6-10-18(26)14-25(15-19-11-7-13-27-19)16-20-21(23-24-22-20)17-8-4-3-5-9-17/h3-5,7-9,11,13,18H,2,6,10,12,14-16H2,1H3,(H,22,23,24)/t18-/m0/s1. The second-order valence-corrected chi connectivity index (χ2v) is 8.19. The first kappa shape index (κ1) is 18.3. The molecule has 4 rings (SSSR count). The van der Waals surface area contributed by atoms with Crippen molar-refractivity contribution in [3.63, 3.8) is 0 Å². The molecule has 0 radical (unpaired) electrons. The van der Waals surface area contributed by atoms with Crippen molar-refractivity contribution in [2.45, 2.75) is 38.9 Å². The Labute approximate surface area is 165 Å². The number of nitrogens with one attached hydrogen (secondary N) is 1. The molecule has 3 heterocycles. The summed E-state index contributed by atoms with van der Waals surface area (Å²) in [4.78, 5) is 6.55. The maximum Gasteiger partial charge on any atom is 0.117 e. The first-order valence-electron chi connectivity index (χ1n) is 9.77. The molecular weight excluding hydrogens is 354 g/mol. The molecule has 142 valence electrons. The van der Waals surface area contributed by atoms with Gasteiger partial charge in [0.1, 0.15) is 11.4 Å². The van der Waals surface area contributed by atoms with Crippen molar-refractivity contribution in [3.8, 4) is 11.3 Å². The predicted molar refractivity (Wildman–Crippen MR) is 111 cm³/mol. The third-order valence-electron chi connectivity index (χ3n) is 5.37. The predicted octanol–water partition coefficient (Wildman–Crippen LogP) is 4.02. The van der Waals surface area contributed by atoms with Crippen molar-refractivity contribution >= 4 is 11.3 Å². The number of rotatable bonds is 8. The molecule has 1 N–H and O–H groups in total. The largest absolute Gasteiger partial charge is 0.299 e. The topological polar surface area (TPSA) is 48.0 Å². The molecule has 1 aliphatic rings. The van der Waals surface area contributed by atoms with Gasteiger partial charge in [0.25, 0.3) is 0 Å². The van der Waals surface area contributed by atoms with E-state index in [1.807, 2.05) is 17.4 Å². The van der Waals surface area contributed by atoms with Crippen molar-refractivity contribution in [2.24, 2.45) is 0 Å². The minimum absolute atomic E-state index is 0.641. The molecule has 1 aliphatic heterocycles. The Morgan fingerprint density at radius 3 is 2.81 bits per heavy atom. The number of hydrogen-bond donors (Lipinski definition) is 1. The molecule has 0 amide bonds. The average molecular weight is 382 g/mol. The van der Waals surface area contributed by atoms with Gasteiger partial charge >= 0.3 is 0 Å². The quantitative estimate of drug-likeness (QED) is 0.640. The van der Waals surface area contributed by atoms with E-state index in [0.717, 1.165) is 43.1 Å². The fourth-order valence-corrected chi connectivity index (χ4v) is 4.77. The zero-order chi connectivity index (χ0) is 18.5. The highest BCUT2D eigenvalue weighted by Crippen LogP contribution is 2.24. The number of nitrogens with zero attached hydrogens (tertiary/aromatic N) is 4. The highest BCUT2D eigenvalue weighted by molar-refractivity contribution is 7.09. The Balaban J connectivity index is 1.53. The van der Waals surface area contributed by atoms with Crippen LogP contribution < -0.4 is 0 Å². The molecule has 3 aromatic rings. The Bertz CT molecular complexity index is 814. The van der Waals surface area contributed by atoms with Crippen molar-refractivity contribution < 1.29 is 0 Å². The number of hydrogen-bond acceptors (Lipinski definition) is 5. The minimum Gasteiger partial charge on any atom is -0.299 e. The lowest BCUT2D eigenvalue weighted by Crippen LogP contribution is -2.39. The van der Waals surface area contributed by atoms with E-state index in [1.54, 1.807) is 0 Å². The van der Waals surface area contributed by atoms with Crippen LogP contribution in [0.2, 0.25) is 0 Å². The Hall–Kier alpha value is -2.02. The van der Waals surface area contributed by atoms with E-state index >= 15 is 0 Å². The van der Waals surface area contributed by atoms with Gasteiger partial charge < -0.3 is 0 Å². The van der Waals surface area contributed by atoms with Gasteiger partial charge in [-0.3, -0.25) is 9.80 Å². The first-order valence-corrected chi connectivity index (χ1v) is 10.6. The van der Waals surface area contributed by atoms with Crippen molar-refractivity contribution in [1.82, 2.24) is 25.2 Å².